The number of nitrogens with zero attached hydrogens (tertiary/aromatic N) is 1. The Balaban J connectivity index is 2.49. The van der Waals surface area contributed by atoms with E-state index in [4.69, 9.17) is 5.26 Å². The standard InChI is InChI=1S/C12H22N2O2S/c1-4-12(5-6-12)9-14-17(15,16)10-11(2,3)7-8-13/h14H,4-7,9-10H2,1-3H3. The average molecular weight is 258 g/mol. The monoisotopic (exact) mass is 258 g/mol. The number of hydrogen-bond donors (Lipinski definition) is 1. The Hall–Kier alpha value is -0.600. The molecule has 0 aromatic heterocycles. The molecule has 0 aromatic rings. The zero-order valence-electron chi connectivity index (χ0n) is 10.9. The van der Waals surface area contributed by atoms with Crippen molar-refractivity contribution in [1.29, 1.82) is 5.26 Å². The maximum Gasteiger partial charge on any atom is 0.212 e. The molecule has 0 bridgehead atoms. The van der Waals surface area contributed by atoms with E-state index in [9.17, 15) is 8.42 Å². The van der Waals surface area contributed by atoms with E-state index >= 15 is 0 Å². The van der Waals surface area contributed by atoms with Crippen LogP contribution in [0, 0.1) is 22.2 Å². The summed E-state index contributed by atoms with van der Waals surface area (Å²) in [5.74, 6) is 0.0212. The Kier molecular flexibility index (Phi) is 4.21. The SMILES string of the molecule is CCC1(CNS(=O)(=O)CC(C)(C)CC#N)CC1. The summed E-state index contributed by atoms with van der Waals surface area (Å²) in [6.07, 6.45) is 3.52. The van der Waals surface area contributed by atoms with Crippen molar-refractivity contribution in [2.75, 3.05) is 12.3 Å². The molecule has 0 radical (unpaired) electrons. The Morgan fingerprint density at radius 3 is 2.41 bits per heavy atom. The topological polar surface area (TPSA) is 70.0 Å². The molecule has 0 saturated heterocycles. The van der Waals surface area contributed by atoms with Crippen LogP contribution >= 0.6 is 0 Å². The molecule has 17 heavy (non-hydrogen) atoms. The van der Waals surface area contributed by atoms with Crippen molar-refractivity contribution >= 4 is 10.0 Å². The van der Waals surface area contributed by atoms with Crippen LogP contribution in [0.2, 0.25) is 0 Å². The first kappa shape index (κ1) is 14.5. The highest BCUT2D eigenvalue weighted by Gasteiger charge is 2.41. The zero-order chi connectivity index (χ0) is 13.2. The maximum absolute atomic E-state index is 11.9. The van der Waals surface area contributed by atoms with Gasteiger partial charge in [0.1, 0.15) is 0 Å². The van der Waals surface area contributed by atoms with Gasteiger partial charge in [0.05, 0.1) is 11.8 Å². The van der Waals surface area contributed by atoms with Crippen LogP contribution in [0.3, 0.4) is 0 Å². The predicted molar refractivity (Wildman–Crippen MR) is 67.8 cm³/mol. The largest absolute Gasteiger partial charge is 0.215 e. The van der Waals surface area contributed by atoms with Crippen molar-refractivity contribution in [3.63, 3.8) is 0 Å². The van der Waals surface area contributed by atoms with Crippen LogP contribution in [0.1, 0.15) is 46.5 Å². The summed E-state index contributed by atoms with van der Waals surface area (Å²) in [7, 11) is -3.27. The van der Waals surface area contributed by atoms with Gasteiger partial charge in [-0.15, -0.1) is 0 Å². The fraction of sp³-hybridized carbons (Fsp3) is 0.917. The Morgan fingerprint density at radius 1 is 1.41 bits per heavy atom. The van der Waals surface area contributed by atoms with Gasteiger partial charge in [-0.3, -0.25) is 0 Å². The molecule has 1 saturated carbocycles. The number of rotatable bonds is 7. The van der Waals surface area contributed by atoms with Crippen LogP contribution in [0.4, 0.5) is 0 Å². The summed E-state index contributed by atoms with van der Waals surface area (Å²) in [5.41, 5.74) is -0.268. The molecule has 0 atom stereocenters. The molecule has 1 aliphatic rings. The van der Waals surface area contributed by atoms with E-state index in [0.29, 0.717) is 6.54 Å². The fourth-order valence-corrected chi connectivity index (χ4v) is 3.68. The molecule has 0 amide bonds. The van der Waals surface area contributed by atoms with Gasteiger partial charge in [0.2, 0.25) is 10.0 Å². The van der Waals surface area contributed by atoms with Crippen LogP contribution in [0.25, 0.3) is 0 Å². The van der Waals surface area contributed by atoms with E-state index in [-0.39, 0.29) is 17.6 Å². The maximum atomic E-state index is 11.9. The smallest absolute Gasteiger partial charge is 0.212 e. The zero-order valence-corrected chi connectivity index (χ0v) is 11.7. The molecular formula is C12H22N2O2S. The lowest BCUT2D eigenvalue weighted by atomic mass is 9.93. The van der Waals surface area contributed by atoms with Gasteiger partial charge in [-0.2, -0.15) is 5.26 Å². The van der Waals surface area contributed by atoms with Gasteiger partial charge in [-0.25, -0.2) is 13.1 Å². The molecule has 1 N–H and O–H groups in total. The Labute approximate surface area is 104 Å². The molecule has 1 aliphatic carbocycles. The van der Waals surface area contributed by atoms with Gasteiger partial charge < -0.3 is 0 Å². The van der Waals surface area contributed by atoms with Crippen molar-refractivity contribution < 1.29 is 8.42 Å². The van der Waals surface area contributed by atoms with Gasteiger partial charge in [0.15, 0.2) is 0 Å². The van der Waals surface area contributed by atoms with Crippen molar-refractivity contribution in [3.05, 3.63) is 0 Å². The van der Waals surface area contributed by atoms with E-state index in [0.717, 1.165) is 19.3 Å². The number of sulfonamides is 1. The van der Waals surface area contributed by atoms with Crippen LogP contribution < -0.4 is 4.72 Å². The molecule has 0 spiro atoms. The summed E-state index contributed by atoms with van der Waals surface area (Å²) in [6.45, 7) is 6.26. The first-order valence-corrected chi connectivity index (χ1v) is 7.74. The van der Waals surface area contributed by atoms with E-state index in [2.05, 4.69) is 11.6 Å². The van der Waals surface area contributed by atoms with Gasteiger partial charge in [0.25, 0.3) is 0 Å². The lowest BCUT2D eigenvalue weighted by Gasteiger charge is -2.22. The number of hydrogen-bond acceptors (Lipinski definition) is 3. The normalized spacial score (nSPS) is 18.7. The minimum atomic E-state index is -3.27. The van der Waals surface area contributed by atoms with E-state index in [1.165, 1.54) is 0 Å². The van der Waals surface area contributed by atoms with Crippen LogP contribution in [0.5, 0.6) is 0 Å². The quantitative estimate of drug-likeness (QED) is 0.759. The summed E-state index contributed by atoms with van der Waals surface area (Å²) in [4.78, 5) is 0. The van der Waals surface area contributed by atoms with Gasteiger partial charge >= 0.3 is 0 Å². The average Bonchev–Trinajstić information content (AvgIpc) is 2.93. The van der Waals surface area contributed by atoms with Crippen LogP contribution in [-0.4, -0.2) is 20.7 Å². The second kappa shape index (κ2) is 4.95. The predicted octanol–water partition coefficient (Wildman–Crippen LogP) is 2.04. The third-order valence-electron chi connectivity index (χ3n) is 3.51. The Morgan fingerprint density at radius 2 is 2.00 bits per heavy atom. The fourth-order valence-electron chi connectivity index (χ4n) is 1.93. The highest BCUT2D eigenvalue weighted by Crippen LogP contribution is 2.48. The summed E-state index contributed by atoms with van der Waals surface area (Å²) in [6, 6.07) is 2.03. The van der Waals surface area contributed by atoms with E-state index in [1.54, 1.807) is 0 Å². The number of nitriles is 1. The summed E-state index contributed by atoms with van der Waals surface area (Å²) >= 11 is 0. The lowest BCUT2D eigenvalue weighted by Crippen LogP contribution is -2.36. The molecule has 0 aromatic carbocycles. The molecule has 5 heteroatoms. The number of nitrogens with one attached hydrogen (secondary N) is 1. The minimum absolute atomic E-state index is 0.0212. The molecule has 0 aliphatic heterocycles. The lowest BCUT2D eigenvalue weighted by molar-refractivity contribution is 0.415. The van der Waals surface area contributed by atoms with Gasteiger partial charge in [-0.1, -0.05) is 20.8 Å². The summed E-state index contributed by atoms with van der Waals surface area (Å²) in [5, 5.41) is 8.64. The van der Waals surface area contributed by atoms with Gasteiger partial charge in [0, 0.05) is 13.0 Å². The second-order valence-electron chi connectivity index (χ2n) is 5.93. The molecule has 1 fully saturated rings. The highest BCUT2D eigenvalue weighted by molar-refractivity contribution is 7.89. The van der Waals surface area contributed by atoms with Crippen molar-refractivity contribution in [1.82, 2.24) is 4.72 Å². The molecule has 0 heterocycles. The Bertz CT molecular complexity index is 403. The van der Waals surface area contributed by atoms with Crippen LogP contribution in [-0.2, 0) is 10.0 Å². The highest BCUT2D eigenvalue weighted by atomic mass is 32.2. The van der Waals surface area contributed by atoms with E-state index in [1.807, 2.05) is 19.9 Å². The first-order chi connectivity index (χ1) is 7.74. The van der Waals surface area contributed by atoms with Crippen molar-refractivity contribution in [3.8, 4) is 6.07 Å². The third kappa shape index (κ3) is 4.64. The molecule has 98 valence electrons. The second-order valence-corrected chi connectivity index (χ2v) is 7.74. The van der Waals surface area contributed by atoms with Gasteiger partial charge in [-0.05, 0) is 30.1 Å². The summed E-state index contributed by atoms with van der Waals surface area (Å²) < 4.78 is 26.5. The van der Waals surface area contributed by atoms with Crippen molar-refractivity contribution in [2.24, 2.45) is 10.8 Å². The molecule has 4 nitrogen and oxygen atoms in total. The molecular weight excluding hydrogens is 236 g/mol. The third-order valence-corrected chi connectivity index (χ3v) is 5.26. The van der Waals surface area contributed by atoms with E-state index < -0.39 is 15.4 Å². The first-order valence-electron chi connectivity index (χ1n) is 6.09. The molecule has 0 unspecified atom stereocenters. The van der Waals surface area contributed by atoms with Crippen molar-refractivity contribution in [2.45, 2.75) is 46.5 Å². The molecule has 1 rings (SSSR count). The minimum Gasteiger partial charge on any atom is -0.215 e. The van der Waals surface area contributed by atoms with Crippen LogP contribution in [0.15, 0.2) is 0 Å².